The molecule has 0 saturated carbocycles. The minimum Gasteiger partial charge on any atom is -0.304 e. The molecule has 3 rings (SSSR count). The fourth-order valence-corrected chi connectivity index (χ4v) is 4.63. The lowest BCUT2D eigenvalue weighted by Crippen LogP contribution is -2.31. The summed E-state index contributed by atoms with van der Waals surface area (Å²) in [6.07, 6.45) is -2.98. The fraction of sp³-hybridized carbons (Fsp3) is 0.125. The summed E-state index contributed by atoms with van der Waals surface area (Å²) in [5.74, 6) is -1.11. The van der Waals surface area contributed by atoms with E-state index in [1.807, 2.05) is 4.72 Å². The van der Waals surface area contributed by atoms with Gasteiger partial charge in [-0.15, -0.1) is 0 Å². The van der Waals surface area contributed by atoms with Gasteiger partial charge in [-0.25, -0.2) is 18.1 Å². The second-order valence-electron chi connectivity index (χ2n) is 5.80. The van der Waals surface area contributed by atoms with Gasteiger partial charge >= 0.3 is 6.18 Å². The summed E-state index contributed by atoms with van der Waals surface area (Å²) in [6, 6.07) is 5.22. The molecule has 0 saturated heterocycles. The van der Waals surface area contributed by atoms with E-state index in [2.05, 4.69) is 20.9 Å². The highest BCUT2D eigenvalue weighted by molar-refractivity contribution is 9.10. The average molecular weight is 497 g/mol. The molecule has 0 bridgehead atoms. The number of sulfonamides is 1. The molecule has 2 aromatic heterocycles. The molecule has 0 atom stereocenters. The van der Waals surface area contributed by atoms with E-state index >= 15 is 0 Å². The summed E-state index contributed by atoms with van der Waals surface area (Å²) in [7, 11) is -4.25. The van der Waals surface area contributed by atoms with Crippen molar-refractivity contribution >= 4 is 49.1 Å². The number of aryl methyl sites for hydroxylation is 1. The van der Waals surface area contributed by atoms with Gasteiger partial charge in [-0.3, -0.25) is 4.79 Å². The SMILES string of the molecule is Cc1ccc(Br)c(S(=O)(=O)NC(=O)c2cn3cc(C(F)(F)F)cc(Cl)c3n2)c1. The van der Waals surface area contributed by atoms with Crippen LogP contribution in [0.1, 0.15) is 21.6 Å². The van der Waals surface area contributed by atoms with Crippen LogP contribution < -0.4 is 4.72 Å². The van der Waals surface area contributed by atoms with Crippen molar-refractivity contribution < 1.29 is 26.4 Å². The van der Waals surface area contributed by atoms with E-state index in [1.54, 1.807) is 13.0 Å². The minimum absolute atomic E-state index is 0.117. The first-order valence-electron chi connectivity index (χ1n) is 7.47. The van der Waals surface area contributed by atoms with Gasteiger partial charge in [-0.1, -0.05) is 17.7 Å². The Labute approximate surface area is 170 Å². The number of nitrogens with zero attached hydrogens (tertiary/aromatic N) is 2. The molecule has 1 aromatic carbocycles. The van der Waals surface area contributed by atoms with Crippen molar-refractivity contribution in [2.75, 3.05) is 0 Å². The Hall–Kier alpha value is -2.11. The van der Waals surface area contributed by atoms with Crippen LogP contribution in [0.25, 0.3) is 5.65 Å². The third-order valence-corrected chi connectivity index (χ3v) is 6.27. The Morgan fingerprint density at radius 2 is 1.93 bits per heavy atom. The lowest BCUT2D eigenvalue weighted by Gasteiger charge is -2.08. The van der Waals surface area contributed by atoms with Crippen molar-refractivity contribution in [3.63, 3.8) is 0 Å². The summed E-state index contributed by atoms with van der Waals surface area (Å²) in [5.41, 5.74) is -0.914. The number of rotatable bonds is 3. The van der Waals surface area contributed by atoms with Gasteiger partial charge in [-0.2, -0.15) is 13.2 Å². The van der Waals surface area contributed by atoms with E-state index in [4.69, 9.17) is 11.6 Å². The van der Waals surface area contributed by atoms with Crippen molar-refractivity contribution in [3.05, 3.63) is 63.0 Å². The van der Waals surface area contributed by atoms with Crippen molar-refractivity contribution in [1.29, 1.82) is 0 Å². The second kappa shape index (κ2) is 7.05. The molecular weight excluding hydrogens is 487 g/mol. The third kappa shape index (κ3) is 4.01. The molecule has 12 heteroatoms. The molecule has 0 aliphatic rings. The Balaban J connectivity index is 1.98. The molecule has 0 unspecified atom stereocenters. The maximum absolute atomic E-state index is 12.9. The number of carbonyl (C=O) groups is 1. The largest absolute Gasteiger partial charge is 0.417 e. The van der Waals surface area contributed by atoms with Crippen LogP contribution in [0.15, 0.2) is 46.0 Å². The number of amides is 1. The molecule has 2 heterocycles. The van der Waals surface area contributed by atoms with Crippen molar-refractivity contribution in [2.45, 2.75) is 18.0 Å². The molecule has 1 amide bonds. The average Bonchev–Trinajstić information content (AvgIpc) is 3.01. The van der Waals surface area contributed by atoms with Gasteiger partial charge in [0, 0.05) is 16.9 Å². The van der Waals surface area contributed by atoms with Crippen molar-refractivity contribution in [3.8, 4) is 0 Å². The van der Waals surface area contributed by atoms with Gasteiger partial charge in [-0.05, 0) is 46.6 Å². The van der Waals surface area contributed by atoms with Gasteiger partial charge in [0.15, 0.2) is 5.65 Å². The molecule has 6 nitrogen and oxygen atoms in total. The highest BCUT2D eigenvalue weighted by atomic mass is 79.9. The second-order valence-corrected chi connectivity index (χ2v) is 8.71. The highest BCUT2D eigenvalue weighted by Gasteiger charge is 2.32. The predicted molar refractivity (Wildman–Crippen MR) is 98.7 cm³/mol. The van der Waals surface area contributed by atoms with Crippen molar-refractivity contribution in [1.82, 2.24) is 14.1 Å². The number of hydrogen-bond donors (Lipinski definition) is 1. The summed E-state index contributed by atoms with van der Waals surface area (Å²) < 4.78 is 66.6. The normalized spacial score (nSPS) is 12.4. The van der Waals surface area contributed by atoms with E-state index in [1.165, 1.54) is 12.1 Å². The van der Waals surface area contributed by atoms with Gasteiger partial charge in [0.05, 0.1) is 10.6 Å². The molecule has 0 fully saturated rings. The van der Waals surface area contributed by atoms with Gasteiger partial charge in [0.1, 0.15) is 10.6 Å². The van der Waals surface area contributed by atoms with Gasteiger partial charge in [0.25, 0.3) is 15.9 Å². The predicted octanol–water partition coefficient (Wildman–Crippen LogP) is 4.20. The number of halogens is 5. The Bertz CT molecular complexity index is 1210. The standard InChI is InChI=1S/C16H10BrClF3N3O3S/c1-8-2-3-10(17)13(4-8)28(26,27)23-15(25)12-7-24-6-9(16(19,20)21)5-11(18)14(24)22-12/h2-7H,1H3,(H,23,25). The maximum Gasteiger partial charge on any atom is 0.417 e. The summed E-state index contributed by atoms with van der Waals surface area (Å²) in [5, 5.41) is -0.335. The zero-order valence-electron chi connectivity index (χ0n) is 13.9. The number of alkyl halides is 3. The number of fused-ring (bicyclic) bond motifs is 1. The molecule has 1 N–H and O–H groups in total. The number of carbonyl (C=O) groups excluding carboxylic acids is 1. The van der Waals surface area contributed by atoms with Gasteiger partial charge in [0.2, 0.25) is 0 Å². The lowest BCUT2D eigenvalue weighted by molar-refractivity contribution is -0.137. The smallest absolute Gasteiger partial charge is 0.304 e. The number of hydrogen-bond acceptors (Lipinski definition) is 4. The van der Waals surface area contributed by atoms with Crippen LogP contribution in [0.3, 0.4) is 0 Å². The van der Waals surface area contributed by atoms with Crippen LogP contribution in [0.4, 0.5) is 13.2 Å². The van der Waals surface area contributed by atoms with Crippen molar-refractivity contribution in [2.24, 2.45) is 0 Å². The quantitative estimate of drug-likeness (QED) is 0.589. The molecule has 0 spiro atoms. The van der Waals surface area contributed by atoms with E-state index in [0.717, 1.165) is 10.6 Å². The van der Waals surface area contributed by atoms with Crippen LogP contribution in [0.5, 0.6) is 0 Å². The van der Waals surface area contributed by atoms with Crippen LogP contribution >= 0.6 is 27.5 Å². The van der Waals surface area contributed by atoms with Crippen LogP contribution in [0.2, 0.25) is 5.02 Å². The molecule has 0 aliphatic carbocycles. The molecule has 3 aromatic rings. The third-order valence-electron chi connectivity index (χ3n) is 3.67. The number of nitrogens with one attached hydrogen (secondary N) is 1. The maximum atomic E-state index is 12.9. The summed E-state index contributed by atoms with van der Waals surface area (Å²) in [4.78, 5) is 16.0. The fourth-order valence-electron chi connectivity index (χ4n) is 2.37. The zero-order chi connectivity index (χ0) is 20.9. The number of pyridine rings is 1. The monoisotopic (exact) mass is 495 g/mol. The Morgan fingerprint density at radius 3 is 2.57 bits per heavy atom. The lowest BCUT2D eigenvalue weighted by atomic mass is 10.2. The van der Waals surface area contributed by atoms with Crippen LogP contribution in [-0.2, 0) is 16.2 Å². The van der Waals surface area contributed by atoms with E-state index in [-0.39, 0.29) is 20.0 Å². The summed E-state index contributed by atoms with van der Waals surface area (Å²) in [6.45, 7) is 1.68. The molecule has 0 aliphatic heterocycles. The molecular formula is C16H10BrClF3N3O3S. The highest BCUT2D eigenvalue weighted by Crippen LogP contribution is 2.32. The number of imidazole rings is 1. The Morgan fingerprint density at radius 1 is 1.25 bits per heavy atom. The molecule has 28 heavy (non-hydrogen) atoms. The zero-order valence-corrected chi connectivity index (χ0v) is 17.0. The van der Waals surface area contributed by atoms with E-state index in [9.17, 15) is 26.4 Å². The van der Waals surface area contributed by atoms with Gasteiger partial charge < -0.3 is 4.40 Å². The Kier molecular flexibility index (Phi) is 5.19. The first kappa shape index (κ1) is 20.6. The minimum atomic E-state index is -4.65. The molecule has 0 radical (unpaired) electrons. The van der Waals surface area contributed by atoms with Crippen LogP contribution in [0, 0.1) is 6.92 Å². The van der Waals surface area contributed by atoms with E-state index in [0.29, 0.717) is 17.8 Å². The topological polar surface area (TPSA) is 80.5 Å². The number of aromatic nitrogens is 2. The first-order chi connectivity index (χ1) is 12.9. The molecule has 148 valence electrons. The van der Waals surface area contributed by atoms with Crippen LogP contribution in [-0.4, -0.2) is 23.7 Å². The first-order valence-corrected chi connectivity index (χ1v) is 10.1. The number of benzene rings is 1. The summed E-state index contributed by atoms with van der Waals surface area (Å²) >= 11 is 8.92. The van der Waals surface area contributed by atoms with E-state index < -0.39 is 33.4 Å².